The lowest BCUT2D eigenvalue weighted by atomic mass is 9.95. The van der Waals surface area contributed by atoms with E-state index in [-0.39, 0.29) is 11.3 Å². The molecule has 1 N–H and O–H groups in total. The highest BCUT2D eigenvalue weighted by atomic mass is 35.5. The topological polar surface area (TPSA) is 79.7 Å². The number of ketones is 1. The first-order valence-electron chi connectivity index (χ1n) is 10.9. The maximum Gasteiger partial charge on any atom is 0.301 e. The Morgan fingerprint density at radius 2 is 1.80 bits per heavy atom. The van der Waals surface area contributed by atoms with Crippen molar-refractivity contribution < 1.29 is 19.4 Å². The quantitative estimate of drug-likeness (QED) is 0.203. The second kappa shape index (κ2) is 8.83. The van der Waals surface area contributed by atoms with Crippen molar-refractivity contribution in [2.45, 2.75) is 19.9 Å². The maximum absolute atomic E-state index is 13.4. The molecule has 1 aromatic heterocycles. The highest BCUT2D eigenvalue weighted by molar-refractivity contribution is 7.22. The second-order valence-electron chi connectivity index (χ2n) is 8.37. The number of benzene rings is 3. The fourth-order valence-electron chi connectivity index (χ4n) is 4.29. The van der Waals surface area contributed by atoms with E-state index < -0.39 is 17.7 Å². The van der Waals surface area contributed by atoms with Gasteiger partial charge < -0.3 is 9.84 Å². The van der Waals surface area contributed by atoms with E-state index >= 15 is 0 Å². The van der Waals surface area contributed by atoms with Crippen molar-refractivity contribution in [3.63, 3.8) is 0 Å². The summed E-state index contributed by atoms with van der Waals surface area (Å²) in [6.07, 6.45) is 0. The Balaban J connectivity index is 1.72. The fraction of sp³-hybridized carbons (Fsp3) is 0.148. The van der Waals surface area contributed by atoms with E-state index in [0.717, 1.165) is 21.3 Å². The molecule has 1 aliphatic heterocycles. The van der Waals surface area contributed by atoms with Crippen LogP contribution in [0.4, 0.5) is 5.13 Å². The van der Waals surface area contributed by atoms with E-state index in [2.05, 4.69) is 4.98 Å². The van der Waals surface area contributed by atoms with Crippen molar-refractivity contribution in [1.82, 2.24) is 4.98 Å². The van der Waals surface area contributed by atoms with Gasteiger partial charge in [0.15, 0.2) is 5.13 Å². The lowest BCUT2D eigenvalue weighted by Crippen LogP contribution is -2.29. The number of aliphatic hydroxyl groups excluding tert-OH is 1. The highest BCUT2D eigenvalue weighted by Crippen LogP contribution is 2.44. The molecule has 35 heavy (non-hydrogen) atoms. The van der Waals surface area contributed by atoms with Crippen molar-refractivity contribution >= 4 is 55.7 Å². The molecule has 1 amide bonds. The third-order valence-corrected chi connectivity index (χ3v) is 7.31. The molecule has 0 aliphatic carbocycles. The SMILES string of the molecule is COc1ccc(/C(O)=C2\C(=O)C(=O)N(c3nc4ccc(C)cc4s3)[C@@H]2c2ccc(Cl)cc2)cc1C. The number of amides is 1. The first kappa shape index (κ1) is 23.1. The minimum atomic E-state index is -0.865. The first-order chi connectivity index (χ1) is 16.8. The average Bonchev–Trinajstić information content (AvgIpc) is 3.37. The zero-order chi connectivity index (χ0) is 24.9. The van der Waals surface area contributed by atoms with E-state index in [1.54, 1.807) is 49.6 Å². The lowest BCUT2D eigenvalue weighted by Gasteiger charge is -2.23. The van der Waals surface area contributed by atoms with Gasteiger partial charge in [-0.3, -0.25) is 14.5 Å². The molecule has 0 bridgehead atoms. The zero-order valence-corrected chi connectivity index (χ0v) is 20.8. The Morgan fingerprint density at radius 3 is 2.49 bits per heavy atom. The average molecular weight is 505 g/mol. The molecular formula is C27H21ClN2O4S. The van der Waals surface area contributed by atoms with Crippen LogP contribution < -0.4 is 9.64 Å². The number of Topliss-reactive ketones (excluding diaryl/α,β-unsaturated/α-hetero) is 1. The molecule has 176 valence electrons. The number of nitrogens with zero attached hydrogens (tertiary/aromatic N) is 2. The summed E-state index contributed by atoms with van der Waals surface area (Å²) in [5, 5.41) is 12.2. The Labute approximate surface area is 211 Å². The summed E-state index contributed by atoms with van der Waals surface area (Å²) in [5.41, 5.74) is 3.64. The van der Waals surface area contributed by atoms with E-state index in [0.29, 0.717) is 27.0 Å². The number of hydrogen-bond donors (Lipinski definition) is 1. The number of carbonyl (C=O) groups excluding carboxylic acids is 2. The monoisotopic (exact) mass is 504 g/mol. The van der Waals surface area contributed by atoms with Gasteiger partial charge in [-0.25, -0.2) is 4.98 Å². The molecule has 0 saturated carbocycles. The molecule has 1 saturated heterocycles. The number of halogens is 1. The molecule has 4 aromatic rings. The molecule has 8 heteroatoms. The molecule has 6 nitrogen and oxygen atoms in total. The predicted octanol–water partition coefficient (Wildman–Crippen LogP) is 6.20. The molecule has 1 fully saturated rings. The number of aromatic nitrogens is 1. The van der Waals surface area contributed by atoms with E-state index in [1.165, 1.54) is 16.2 Å². The molecule has 1 atom stereocenters. The number of methoxy groups -OCH3 is 1. The summed E-state index contributed by atoms with van der Waals surface area (Å²) < 4.78 is 6.22. The summed E-state index contributed by atoms with van der Waals surface area (Å²) in [6.45, 7) is 3.82. The third kappa shape index (κ3) is 3.96. The second-order valence-corrected chi connectivity index (χ2v) is 9.82. The first-order valence-corrected chi connectivity index (χ1v) is 12.1. The molecule has 2 heterocycles. The number of carbonyl (C=O) groups is 2. The minimum Gasteiger partial charge on any atom is -0.507 e. The summed E-state index contributed by atoms with van der Waals surface area (Å²) in [4.78, 5) is 32.7. The number of rotatable bonds is 4. The molecule has 0 spiro atoms. The van der Waals surface area contributed by atoms with Crippen molar-refractivity contribution in [3.05, 3.63) is 93.5 Å². The Hall–Kier alpha value is -3.68. The maximum atomic E-state index is 13.4. The number of aliphatic hydroxyl groups is 1. The van der Waals surface area contributed by atoms with Gasteiger partial charge in [-0.2, -0.15) is 0 Å². The molecule has 0 unspecified atom stereocenters. The van der Waals surface area contributed by atoms with Crippen LogP contribution in [0.3, 0.4) is 0 Å². The van der Waals surface area contributed by atoms with Gasteiger partial charge in [0.25, 0.3) is 5.78 Å². The van der Waals surface area contributed by atoms with Crippen molar-refractivity contribution in [1.29, 1.82) is 0 Å². The van der Waals surface area contributed by atoms with Gasteiger partial charge in [-0.1, -0.05) is 41.1 Å². The van der Waals surface area contributed by atoms with Gasteiger partial charge >= 0.3 is 5.91 Å². The van der Waals surface area contributed by atoms with Crippen LogP contribution in [0.15, 0.2) is 66.2 Å². The van der Waals surface area contributed by atoms with Crippen LogP contribution in [0.1, 0.15) is 28.3 Å². The summed E-state index contributed by atoms with van der Waals surface area (Å²) >= 11 is 7.44. The molecule has 0 radical (unpaired) electrons. The smallest absolute Gasteiger partial charge is 0.301 e. The van der Waals surface area contributed by atoms with Gasteiger partial charge in [0, 0.05) is 10.6 Å². The van der Waals surface area contributed by atoms with Crippen molar-refractivity contribution in [2.24, 2.45) is 0 Å². The number of ether oxygens (including phenoxy) is 1. The van der Waals surface area contributed by atoms with Gasteiger partial charge in [0.1, 0.15) is 11.5 Å². The largest absolute Gasteiger partial charge is 0.507 e. The molecule has 1 aliphatic rings. The van der Waals surface area contributed by atoms with E-state index in [9.17, 15) is 14.7 Å². The normalized spacial score (nSPS) is 17.4. The van der Waals surface area contributed by atoms with Gasteiger partial charge in [0.05, 0.1) is 28.9 Å². The van der Waals surface area contributed by atoms with Crippen LogP contribution >= 0.6 is 22.9 Å². The lowest BCUT2D eigenvalue weighted by molar-refractivity contribution is -0.132. The van der Waals surface area contributed by atoms with E-state index in [4.69, 9.17) is 16.3 Å². The Kier molecular flexibility index (Phi) is 5.83. The van der Waals surface area contributed by atoms with Crippen LogP contribution in [-0.4, -0.2) is 28.9 Å². The number of aryl methyl sites for hydroxylation is 2. The van der Waals surface area contributed by atoms with Crippen LogP contribution in [0.5, 0.6) is 5.75 Å². The van der Waals surface area contributed by atoms with Crippen molar-refractivity contribution in [3.8, 4) is 5.75 Å². The zero-order valence-electron chi connectivity index (χ0n) is 19.2. The number of thiazole rings is 1. The molecule has 3 aromatic carbocycles. The number of fused-ring (bicyclic) bond motifs is 1. The summed E-state index contributed by atoms with van der Waals surface area (Å²) in [7, 11) is 1.56. The Morgan fingerprint density at radius 1 is 1.06 bits per heavy atom. The number of anilines is 1. The van der Waals surface area contributed by atoms with Crippen LogP contribution in [0, 0.1) is 13.8 Å². The highest BCUT2D eigenvalue weighted by Gasteiger charge is 2.48. The van der Waals surface area contributed by atoms with Gasteiger partial charge in [0.2, 0.25) is 0 Å². The Bertz CT molecular complexity index is 1520. The standard InChI is InChI=1S/C27H21ClN2O4S/c1-14-4-10-19-21(12-14)35-27(29-19)30-23(16-5-8-18(28)9-6-16)22(25(32)26(30)33)24(31)17-7-11-20(34-3)15(2)13-17/h4-13,23,31H,1-3H3/b24-22+/t23-/m1/s1. The molecule has 5 rings (SSSR count). The van der Waals surface area contributed by atoms with Crippen LogP contribution in [0.25, 0.3) is 16.0 Å². The van der Waals surface area contributed by atoms with Crippen LogP contribution in [-0.2, 0) is 9.59 Å². The molecular weight excluding hydrogens is 484 g/mol. The number of hydrogen-bond acceptors (Lipinski definition) is 6. The van der Waals surface area contributed by atoms with Crippen molar-refractivity contribution in [2.75, 3.05) is 12.0 Å². The summed E-state index contributed by atoms with van der Waals surface area (Å²) in [6, 6.07) is 16.9. The third-order valence-electron chi connectivity index (χ3n) is 6.04. The van der Waals surface area contributed by atoms with Gasteiger partial charge in [-0.05, 0) is 73.0 Å². The fourth-order valence-corrected chi connectivity index (χ4v) is 5.51. The predicted molar refractivity (Wildman–Crippen MR) is 138 cm³/mol. The van der Waals surface area contributed by atoms with E-state index in [1.807, 2.05) is 32.0 Å². The van der Waals surface area contributed by atoms with Crippen LogP contribution in [0.2, 0.25) is 5.02 Å². The van der Waals surface area contributed by atoms with Gasteiger partial charge in [-0.15, -0.1) is 0 Å². The minimum absolute atomic E-state index is 0.00248. The summed E-state index contributed by atoms with van der Waals surface area (Å²) in [5.74, 6) is -1.12.